The first-order chi connectivity index (χ1) is 11.7. The summed E-state index contributed by atoms with van der Waals surface area (Å²) in [6.07, 6.45) is -0.649. The van der Waals surface area contributed by atoms with Crippen LogP contribution in [-0.4, -0.2) is 19.1 Å². The number of para-hydroxylation sites is 1. The normalized spacial score (nSPS) is 12.4. The fourth-order valence-corrected chi connectivity index (χ4v) is 2.68. The van der Waals surface area contributed by atoms with Gasteiger partial charge in [0.2, 0.25) is 0 Å². The van der Waals surface area contributed by atoms with Crippen molar-refractivity contribution in [3.05, 3.63) is 53.1 Å². The summed E-state index contributed by atoms with van der Waals surface area (Å²) in [4.78, 5) is 12.4. The molecule has 0 aliphatic rings. The summed E-state index contributed by atoms with van der Waals surface area (Å²) in [6, 6.07) is 12.9. The Kier molecular flexibility index (Phi) is 5.96. The molecule has 1 N–H and O–H groups in total. The summed E-state index contributed by atoms with van der Waals surface area (Å²) in [5.74, 6) is 1.03. The van der Waals surface area contributed by atoms with E-state index in [1.54, 1.807) is 32.2 Å². The van der Waals surface area contributed by atoms with Crippen molar-refractivity contribution >= 4 is 23.2 Å². The van der Waals surface area contributed by atoms with E-state index in [9.17, 15) is 4.79 Å². The maximum atomic E-state index is 12.4. The van der Waals surface area contributed by atoms with Gasteiger partial charge in [-0.15, -0.1) is 0 Å². The Labute approximate surface area is 154 Å². The van der Waals surface area contributed by atoms with Crippen molar-refractivity contribution in [3.63, 3.8) is 0 Å². The summed E-state index contributed by atoms with van der Waals surface area (Å²) >= 11 is 6.09. The van der Waals surface area contributed by atoms with Gasteiger partial charge in [0, 0.05) is 5.69 Å². The average molecular weight is 362 g/mol. The van der Waals surface area contributed by atoms with Crippen molar-refractivity contribution in [2.75, 3.05) is 12.4 Å². The highest BCUT2D eigenvalue weighted by molar-refractivity contribution is 6.32. The van der Waals surface area contributed by atoms with Gasteiger partial charge in [-0.2, -0.15) is 0 Å². The summed E-state index contributed by atoms with van der Waals surface area (Å²) in [6.45, 7) is 8.05. The molecule has 0 saturated heterocycles. The van der Waals surface area contributed by atoms with Crippen LogP contribution in [0.4, 0.5) is 5.69 Å². The maximum Gasteiger partial charge on any atom is 0.265 e. The second-order valence-electron chi connectivity index (χ2n) is 6.84. The third kappa shape index (κ3) is 4.89. The summed E-state index contributed by atoms with van der Waals surface area (Å²) in [5, 5.41) is 3.25. The van der Waals surface area contributed by atoms with Gasteiger partial charge in [0.05, 0.1) is 12.1 Å². The molecule has 0 fully saturated rings. The number of hydrogen-bond acceptors (Lipinski definition) is 3. The average Bonchev–Trinajstić information content (AvgIpc) is 2.54. The number of anilines is 1. The number of amides is 1. The molecule has 2 aromatic rings. The Hall–Kier alpha value is -2.20. The molecule has 0 saturated carbocycles. The van der Waals surface area contributed by atoms with Gasteiger partial charge in [0.1, 0.15) is 11.5 Å². The van der Waals surface area contributed by atoms with Crippen LogP contribution in [0.5, 0.6) is 11.5 Å². The molecule has 0 aromatic heterocycles. The van der Waals surface area contributed by atoms with E-state index < -0.39 is 6.10 Å². The van der Waals surface area contributed by atoms with Crippen molar-refractivity contribution < 1.29 is 14.3 Å². The quantitative estimate of drug-likeness (QED) is 0.810. The highest BCUT2D eigenvalue weighted by Crippen LogP contribution is 2.32. The fourth-order valence-electron chi connectivity index (χ4n) is 2.42. The van der Waals surface area contributed by atoms with E-state index in [4.69, 9.17) is 21.1 Å². The highest BCUT2D eigenvalue weighted by atomic mass is 35.5. The third-order valence-corrected chi connectivity index (χ3v) is 4.08. The van der Waals surface area contributed by atoms with Crippen LogP contribution in [0.2, 0.25) is 5.02 Å². The van der Waals surface area contributed by atoms with E-state index in [2.05, 4.69) is 26.1 Å². The molecule has 134 valence electrons. The molecule has 2 rings (SSSR count). The standard InChI is InChI=1S/C20H24ClNO3/c1-13(25-17-9-7-6-8-15(17)20(2,3)4)19(23)22-14-10-11-18(24-5)16(21)12-14/h6-13H,1-5H3,(H,22,23). The lowest BCUT2D eigenvalue weighted by Crippen LogP contribution is -2.31. The lowest BCUT2D eigenvalue weighted by Gasteiger charge is -2.24. The fraction of sp³-hybridized carbons (Fsp3) is 0.350. The van der Waals surface area contributed by atoms with Crippen molar-refractivity contribution in [1.29, 1.82) is 0 Å². The van der Waals surface area contributed by atoms with E-state index in [1.807, 2.05) is 24.3 Å². The van der Waals surface area contributed by atoms with Crippen molar-refractivity contribution in [2.24, 2.45) is 0 Å². The van der Waals surface area contributed by atoms with Crippen LogP contribution < -0.4 is 14.8 Å². The van der Waals surface area contributed by atoms with Gasteiger partial charge in [-0.3, -0.25) is 4.79 Å². The molecule has 0 spiro atoms. The molecule has 1 amide bonds. The molecule has 0 aliphatic carbocycles. The number of carbonyl (C=O) groups is 1. The van der Waals surface area contributed by atoms with E-state index >= 15 is 0 Å². The summed E-state index contributed by atoms with van der Waals surface area (Å²) in [7, 11) is 1.54. The van der Waals surface area contributed by atoms with E-state index in [1.165, 1.54) is 0 Å². The Bertz CT molecular complexity index is 753. The number of ether oxygens (including phenoxy) is 2. The van der Waals surface area contributed by atoms with Gasteiger partial charge in [-0.1, -0.05) is 50.6 Å². The molecule has 1 unspecified atom stereocenters. The maximum absolute atomic E-state index is 12.4. The Morgan fingerprint density at radius 3 is 2.40 bits per heavy atom. The molecule has 1 atom stereocenters. The number of rotatable bonds is 5. The molecule has 0 aliphatic heterocycles. The predicted molar refractivity (Wildman–Crippen MR) is 102 cm³/mol. The topological polar surface area (TPSA) is 47.6 Å². The Morgan fingerprint density at radius 2 is 1.80 bits per heavy atom. The minimum atomic E-state index is -0.649. The molecule has 5 heteroatoms. The monoisotopic (exact) mass is 361 g/mol. The second kappa shape index (κ2) is 7.79. The molecule has 0 bridgehead atoms. The first-order valence-corrected chi connectivity index (χ1v) is 8.50. The minimum Gasteiger partial charge on any atom is -0.495 e. The van der Waals surface area contributed by atoms with Crippen LogP contribution in [0.25, 0.3) is 0 Å². The van der Waals surface area contributed by atoms with Crippen molar-refractivity contribution in [1.82, 2.24) is 0 Å². The molecule has 2 aromatic carbocycles. The van der Waals surface area contributed by atoms with Gasteiger partial charge in [0.15, 0.2) is 6.10 Å². The highest BCUT2D eigenvalue weighted by Gasteiger charge is 2.22. The van der Waals surface area contributed by atoms with Gasteiger partial charge >= 0.3 is 0 Å². The van der Waals surface area contributed by atoms with Crippen LogP contribution in [0.15, 0.2) is 42.5 Å². The summed E-state index contributed by atoms with van der Waals surface area (Å²) in [5.41, 5.74) is 1.58. The van der Waals surface area contributed by atoms with Crippen LogP contribution in [0.3, 0.4) is 0 Å². The number of hydrogen-bond donors (Lipinski definition) is 1. The number of benzene rings is 2. The van der Waals surface area contributed by atoms with Gasteiger partial charge < -0.3 is 14.8 Å². The van der Waals surface area contributed by atoms with Crippen LogP contribution in [0, 0.1) is 0 Å². The smallest absolute Gasteiger partial charge is 0.265 e. The second-order valence-corrected chi connectivity index (χ2v) is 7.25. The molecular formula is C20H24ClNO3. The minimum absolute atomic E-state index is 0.0731. The predicted octanol–water partition coefficient (Wildman–Crippen LogP) is 5.05. The zero-order chi connectivity index (χ0) is 18.6. The first-order valence-electron chi connectivity index (χ1n) is 8.13. The third-order valence-electron chi connectivity index (χ3n) is 3.79. The zero-order valence-electron chi connectivity index (χ0n) is 15.2. The first kappa shape index (κ1) is 19.1. The lowest BCUT2D eigenvalue weighted by atomic mass is 9.86. The molecule has 25 heavy (non-hydrogen) atoms. The van der Waals surface area contributed by atoms with Crippen molar-refractivity contribution in [2.45, 2.75) is 39.2 Å². The molecular weight excluding hydrogens is 338 g/mol. The largest absolute Gasteiger partial charge is 0.495 e. The lowest BCUT2D eigenvalue weighted by molar-refractivity contribution is -0.122. The van der Waals surface area contributed by atoms with E-state index in [-0.39, 0.29) is 11.3 Å². The zero-order valence-corrected chi connectivity index (χ0v) is 16.0. The summed E-state index contributed by atoms with van der Waals surface area (Å²) < 4.78 is 11.0. The Balaban J connectivity index is 2.10. The SMILES string of the molecule is COc1ccc(NC(=O)C(C)Oc2ccccc2C(C)(C)C)cc1Cl. The van der Waals surface area contributed by atoms with Gasteiger partial charge in [-0.25, -0.2) is 0 Å². The number of nitrogens with one attached hydrogen (secondary N) is 1. The number of methoxy groups -OCH3 is 1. The van der Waals surface area contributed by atoms with Crippen LogP contribution in [-0.2, 0) is 10.2 Å². The van der Waals surface area contributed by atoms with Gasteiger partial charge in [-0.05, 0) is 42.2 Å². The molecule has 0 radical (unpaired) electrons. The number of halogens is 1. The van der Waals surface area contributed by atoms with E-state index in [0.29, 0.717) is 22.2 Å². The molecule has 4 nitrogen and oxygen atoms in total. The van der Waals surface area contributed by atoms with Crippen LogP contribution >= 0.6 is 11.6 Å². The molecule has 0 heterocycles. The Morgan fingerprint density at radius 1 is 1.12 bits per heavy atom. The van der Waals surface area contributed by atoms with E-state index in [0.717, 1.165) is 5.56 Å². The van der Waals surface area contributed by atoms with Gasteiger partial charge in [0.25, 0.3) is 5.91 Å². The van der Waals surface area contributed by atoms with Crippen molar-refractivity contribution in [3.8, 4) is 11.5 Å². The number of carbonyl (C=O) groups excluding carboxylic acids is 1. The van der Waals surface area contributed by atoms with Crippen LogP contribution in [0.1, 0.15) is 33.3 Å².